The van der Waals surface area contributed by atoms with Gasteiger partial charge >= 0.3 is 5.92 Å². The zero-order valence-electron chi connectivity index (χ0n) is 22.2. The van der Waals surface area contributed by atoms with Gasteiger partial charge < -0.3 is 29.9 Å². The summed E-state index contributed by atoms with van der Waals surface area (Å²) in [5, 5.41) is 6.16. The Morgan fingerprint density at radius 3 is 2.67 bits per heavy atom. The Kier molecular flexibility index (Phi) is 7.83. The van der Waals surface area contributed by atoms with Gasteiger partial charge in [0.2, 0.25) is 5.95 Å². The maximum atomic E-state index is 14.9. The first-order valence-corrected chi connectivity index (χ1v) is 13.5. The van der Waals surface area contributed by atoms with E-state index in [9.17, 15) is 18.4 Å². The van der Waals surface area contributed by atoms with Crippen molar-refractivity contribution in [2.75, 3.05) is 48.5 Å². The highest BCUT2D eigenvalue weighted by Gasteiger charge is 2.48. The minimum absolute atomic E-state index is 0.0628. The van der Waals surface area contributed by atoms with Gasteiger partial charge in [-0.2, -0.15) is 13.8 Å². The summed E-state index contributed by atoms with van der Waals surface area (Å²) in [5.41, 5.74) is 1.21. The molecule has 1 aromatic heterocycles. The molecule has 2 amide bonds. The molecule has 2 aliphatic heterocycles. The van der Waals surface area contributed by atoms with Gasteiger partial charge in [0.15, 0.2) is 5.82 Å². The first kappa shape index (κ1) is 27.0. The van der Waals surface area contributed by atoms with Crippen LogP contribution in [0.3, 0.4) is 0 Å². The SMILES string of the molecule is CCOc1cc(C(=O)NC2CCOCC2)ccc1Nc1ncc2c(n1)N(C1CCCC1)CC(F)(F)C(=O)N2C. The molecule has 1 saturated carbocycles. The molecule has 0 spiro atoms. The van der Waals surface area contributed by atoms with Gasteiger partial charge in [-0.25, -0.2) is 4.98 Å². The molecule has 210 valence electrons. The molecular formula is C27H34F2N6O4. The zero-order chi connectivity index (χ0) is 27.6. The van der Waals surface area contributed by atoms with Gasteiger partial charge in [-0.1, -0.05) is 12.8 Å². The quantitative estimate of drug-likeness (QED) is 0.541. The lowest BCUT2D eigenvalue weighted by atomic mass is 10.1. The van der Waals surface area contributed by atoms with Crippen molar-refractivity contribution in [3.05, 3.63) is 30.0 Å². The maximum absolute atomic E-state index is 14.9. The number of nitrogens with one attached hydrogen (secondary N) is 2. The summed E-state index contributed by atoms with van der Waals surface area (Å²) in [6, 6.07) is 4.97. The number of aromatic nitrogens is 2. The lowest BCUT2D eigenvalue weighted by molar-refractivity contribution is -0.140. The smallest absolute Gasteiger partial charge is 0.342 e. The average Bonchev–Trinajstić information content (AvgIpc) is 3.45. The highest BCUT2D eigenvalue weighted by molar-refractivity contribution is 6.02. The van der Waals surface area contributed by atoms with Crippen molar-refractivity contribution in [2.24, 2.45) is 0 Å². The van der Waals surface area contributed by atoms with E-state index in [4.69, 9.17) is 9.47 Å². The molecule has 3 heterocycles. The van der Waals surface area contributed by atoms with Crippen LogP contribution in [0.15, 0.2) is 24.4 Å². The second kappa shape index (κ2) is 11.3. The number of alkyl halides is 2. The molecule has 10 nitrogen and oxygen atoms in total. The third-order valence-corrected chi connectivity index (χ3v) is 7.48. The summed E-state index contributed by atoms with van der Waals surface area (Å²) >= 11 is 0. The number of ether oxygens (including phenoxy) is 2. The van der Waals surface area contributed by atoms with Crippen molar-refractivity contribution in [3.8, 4) is 5.75 Å². The highest BCUT2D eigenvalue weighted by Crippen LogP contribution is 2.40. The summed E-state index contributed by atoms with van der Waals surface area (Å²) in [4.78, 5) is 36.8. The van der Waals surface area contributed by atoms with E-state index in [0.717, 1.165) is 43.4 Å². The minimum atomic E-state index is -3.55. The number of nitrogens with zero attached hydrogens (tertiary/aromatic N) is 4. The van der Waals surface area contributed by atoms with Gasteiger partial charge in [-0.15, -0.1) is 0 Å². The Bertz CT molecular complexity index is 1220. The van der Waals surface area contributed by atoms with E-state index in [1.807, 2.05) is 6.92 Å². The van der Waals surface area contributed by atoms with Crippen molar-refractivity contribution < 1.29 is 27.8 Å². The van der Waals surface area contributed by atoms with Gasteiger partial charge in [0, 0.05) is 37.9 Å². The normalized spacial score (nSPS) is 19.9. The summed E-state index contributed by atoms with van der Waals surface area (Å²) in [6.45, 7) is 2.72. The minimum Gasteiger partial charge on any atom is -0.492 e. The largest absolute Gasteiger partial charge is 0.492 e. The molecule has 2 aromatic rings. The summed E-state index contributed by atoms with van der Waals surface area (Å²) in [7, 11) is 1.32. The predicted molar refractivity (Wildman–Crippen MR) is 142 cm³/mol. The van der Waals surface area contributed by atoms with Crippen LogP contribution >= 0.6 is 0 Å². The number of benzene rings is 1. The molecule has 0 radical (unpaired) electrons. The molecular weight excluding hydrogens is 510 g/mol. The molecule has 12 heteroatoms. The molecule has 0 bridgehead atoms. The average molecular weight is 545 g/mol. The van der Waals surface area contributed by atoms with E-state index in [1.54, 1.807) is 23.1 Å². The summed E-state index contributed by atoms with van der Waals surface area (Å²) in [6.07, 6.45) is 6.32. The van der Waals surface area contributed by atoms with Crippen LogP contribution in [0.5, 0.6) is 5.75 Å². The van der Waals surface area contributed by atoms with Crippen LogP contribution in [0.4, 0.5) is 31.9 Å². The Hall–Kier alpha value is -3.54. The monoisotopic (exact) mass is 544 g/mol. The third kappa shape index (κ3) is 5.75. The topological polar surface area (TPSA) is 109 Å². The molecule has 0 atom stereocenters. The van der Waals surface area contributed by atoms with Crippen LogP contribution in [0.25, 0.3) is 0 Å². The second-order valence-corrected chi connectivity index (χ2v) is 10.2. The fourth-order valence-corrected chi connectivity index (χ4v) is 5.38. The number of amides is 2. The standard InChI is InChI=1S/C27H34F2N6O4/c1-3-39-22-14-17(24(36)31-18-10-12-38-13-11-18)8-9-20(22)32-26-30-15-21-23(33-26)35(19-6-4-5-7-19)16-27(28,29)25(37)34(21)2/h8-9,14-15,18-19H,3-7,10-13,16H2,1-2H3,(H,31,36)(H,30,32,33). The number of anilines is 4. The van der Waals surface area contributed by atoms with Crippen molar-refractivity contribution >= 4 is 35.0 Å². The first-order valence-electron chi connectivity index (χ1n) is 13.5. The van der Waals surface area contributed by atoms with E-state index in [1.165, 1.54) is 13.2 Å². The van der Waals surface area contributed by atoms with Crippen molar-refractivity contribution in [3.63, 3.8) is 0 Å². The summed E-state index contributed by atoms with van der Waals surface area (Å²) < 4.78 is 40.9. The molecule has 1 aromatic carbocycles. The molecule has 5 rings (SSSR count). The van der Waals surface area contributed by atoms with E-state index in [-0.39, 0.29) is 35.4 Å². The van der Waals surface area contributed by atoms with Crippen LogP contribution in [0.1, 0.15) is 55.8 Å². The van der Waals surface area contributed by atoms with Crippen LogP contribution in [-0.2, 0) is 9.53 Å². The molecule has 2 N–H and O–H groups in total. The van der Waals surface area contributed by atoms with Crippen molar-refractivity contribution in [1.82, 2.24) is 15.3 Å². The fourth-order valence-electron chi connectivity index (χ4n) is 5.38. The highest BCUT2D eigenvalue weighted by atomic mass is 19.3. The molecule has 3 aliphatic rings. The van der Waals surface area contributed by atoms with E-state index < -0.39 is 18.4 Å². The Labute approximate surface area is 226 Å². The van der Waals surface area contributed by atoms with Gasteiger partial charge in [0.1, 0.15) is 11.4 Å². The lowest BCUT2D eigenvalue weighted by Crippen LogP contribution is -2.48. The zero-order valence-corrected chi connectivity index (χ0v) is 22.2. The van der Waals surface area contributed by atoms with Crippen molar-refractivity contribution in [1.29, 1.82) is 0 Å². The number of hydrogen-bond donors (Lipinski definition) is 2. The number of rotatable bonds is 7. The number of fused-ring (bicyclic) bond motifs is 1. The Balaban J connectivity index is 1.42. The van der Waals surface area contributed by atoms with Crippen LogP contribution in [-0.4, -0.2) is 73.2 Å². The maximum Gasteiger partial charge on any atom is 0.342 e. The Morgan fingerprint density at radius 2 is 1.95 bits per heavy atom. The molecule has 1 aliphatic carbocycles. The molecule has 39 heavy (non-hydrogen) atoms. The number of carbonyl (C=O) groups is 2. The van der Waals surface area contributed by atoms with Gasteiger partial charge in [-0.3, -0.25) is 9.59 Å². The second-order valence-electron chi connectivity index (χ2n) is 10.2. The number of halogens is 2. The lowest BCUT2D eigenvalue weighted by Gasteiger charge is -2.31. The molecule has 2 fully saturated rings. The van der Waals surface area contributed by atoms with E-state index in [0.29, 0.717) is 36.8 Å². The van der Waals surface area contributed by atoms with Crippen LogP contribution < -0.4 is 25.2 Å². The van der Waals surface area contributed by atoms with Crippen LogP contribution in [0.2, 0.25) is 0 Å². The van der Waals surface area contributed by atoms with Gasteiger partial charge in [-0.05, 0) is 50.8 Å². The van der Waals surface area contributed by atoms with E-state index in [2.05, 4.69) is 20.6 Å². The van der Waals surface area contributed by atoms with Crippen molar-refractivity contribution in [2.45, 2.75) is 63.5 Å². The van der Waals surface area contributed by atoms with Gasteiger partial charge in [0.05, 0.1) is 25.0 Å². The fraction of sp³-hybridized carbons (Fsp3) is 0.556. The Morgan fingerprint density at radius 1 is 1.21 bits per heavy atom. The molecule has 1 saturated heterocycles. The number of hydrogen-bond acceptors (Lipinski definition) is 8. The van der Waals surface area contributed by atoms with Gasteiger partial charge in [0.25, 0.3) is 11.8 Å². The van der Waals surface area contributed by atoms with E-state index >= 15 is 0 Å². The predicted octanol–water partition coefficient (Wildman–Crippen LogP) is 3.89. The van der Waals surface area contributed by atoms with Crippen LogP contribution in [0, 0.1) is 0 Å². The third-order valence-electron chi connectivity index (χ3n) is 7.48. The first-order chi connectivity index (χ1) is 18.8. The summed E-state index contributed by atoms with van der Waals surface area (Å²) in [5.74, 6) is -4.13. The number of carbonyl (C=O) groups excluding carboxylic acids is 2. The molecule has 0 unspecified atom stereocenters.